The summed E-state index contributed by atoms with van der Waals surface area (Å²) >= 11 is 3.66. The van der Waals surface area contributed by atoms with Gasteiger partial charge in [-0.3, -0.25) is 9.58 Å². The zero-order valence-electron chi connectivity index (χ0n) is 13.3. The summed E-state index contributed by atoms with van der Waals surface area (Å²) in [4.78, 5) is 2.45. The zero-order chi connectivity index (χ0) is 15.2. The van der Waals surface area contributed by atoms with E-state index in [-0.39, 0.29) is 12.1 Å². The van der Waals surface area contributed by atoms with Gasteiger partial charge in [0.2, 0.25) is 0 Å². The minimum Gasteiger partial charge on any atom is -0.374 e. The van der Waals surface area contributed by atoms with Crippen LogP contribution in [0.15, 0.2) is 10.7 Å². The Bertz CT molecular complexity index is 437. The number of halogens is 1. The summed E-state index contributed by atoms with van der Waals surface area (Å²) in [6, 6.07) is 0.174. The Balaban J connectivity index is 2.23. The summed E-state index contributed by atoms with van der Waals surface area (Å²) in [6.45, 7) is 12.3. The van der Waals surface area contributed by atoms with Crippen molar-refractivity contribution in [1.29, 1.82) is 0 Å². The molecule has 6 heteroatoms. The molecule has 21 heavy (non-hydrogen) atoms. The summed E-state index contributed by atoms with van der Waals surface area (Å²) in [5.41, 5.74) is 1.21. The molecule has 0 radical (unpaired) electrons. The maximum absolute atomic E-state index is 6.07. The van der Waals surface area contributed by atoms with Gasteiger partial charge in [0, 0.05) is 19.6 Å². The van der Waals surface area contributed by atoms with Crippen molar-refractivity contribution in [1.82, 2.24) is 20.0 Å². The Labute approximate surface area is 136 Å². The van der Waals surface area contributed by atoms with Gasteiger partial charge in [0.25, 0.3) is 0 Å². The first kappa shape index (κ1) is 16.9. The Morgan fingerprint density at radius 2 is 2.29 bits per heavy atom. The molecule has 5 nitrogen and oxygen atoms in total. The minimum absolute atomic E-state index is 0.169. The number of hydrogen-bond donors (Lipinski definition) is 1. The number of nitrogens with one attached hydrogen (secondary N) is 1. The van der Waals surface area contributed by atoms with E-state index in [9.17, 15) is 0 Å². The van der Waals surface area contributed by atoms with Gasteiger partial charge in [0.15, 0.2) is 0 Å². The maximum Gasteiger partial charge on any atom is 0.0912 e. The van der Waals surface area contributed by atoms with Crippen molar-refractivity contribution in [2.45, 2.75) is 45.9 Å². The van der Waals surface area contributed by atoms with Gasteiger partial charge in [-0.05, 0) is 35.4 Å². The fourth-order valence-corrected chi connectivity index (χ4v) is 3.46. The number of morpholine rings is 1. The van der Waals surface area contributed by atoms with E-state index in [1.165, 1.54) is 5.69 Å². The van der Waals surface area contributed by atoms with E-state index < -0.39 is 0 Å². The van der Waals surface area contributed by atoms with Crippen LogP contribution in [0.1, 0.15) is 38.9 Å². The van der Waals surface area contributed by atoms with Crippen LogP contribution in [0.25, 0.3) is 0 Å². The van der Waals surface area contributed by atoms with Gasteiger partial charge in [0.05, 0.1) is 35.1 Å². The van der Waals surface area contributed by atoms with Gasteiger partial charge >= 0.3 is 0 Å². The minimum atomic E-state index is 0.169. The van der Waals surface area contributed by atoms with Gasteiger partial charge in [0.1, 0.15) is 0 Å². The van der Waals surface area contributed by atoms with Crippen LogP contribution in [0.5, 0.6) is 0 Å². The summed E-state index contributed by atoms with van der Waals surface area (Å²) in [6.07, 6.45) is 3.14. The average Bonchev–Trinajstić information content (AvgIpc) is 2.86. The second kappa shape index (κ2) is 8.27. The van der Waals surface area contributed by atoms with E-state index in [1.54, 1.807) is 0 Å². The molecule has 0 saturated carbocycles. The predicted octanol–water partition coefficient (Wildman–Crippen LogP) is 2.43. The SMILES string of the molecule is CCCn1ncc(Br)c1C(NCC)C1CN(CC)CCO1. The molecule has 0 spiro atoms. The first-order chi connectivity index (χ1) is 10.2. The van der Waals surface area contributed by atoms with E-state index in [2.05, 4.69) is 56.7 Å². The fourth-order valence-electron chi connectivity index (χ4n) is 2.92. The summed E-state index contributed by atoms with van der Waals surface area (Å²) in [7, 11) is 0. The van der Waals surface area contributed by atoms with Crippen LogP contribution in [0.2, 0.25) is 0 Å². The monoisotopic (exact) mass is 358 g/mol. The van der Waals surface area contributed by atoms with Crippen LogP contribution in [0, 0.1) is 0 Å². The van der Waals surface area contributed by atoms with Crippen LogP contribution < -0.4 is 5.32 Å². The molecule has 2 unspecified atom stereocenters. The third kappa shape index (κ3) is 4.06. The number of aromatic nitrogens is 2. The topological polar surface area (TPSA) is 42.3 Å². The van der Waals surface area contributed by atoms with Gasteiger partial charge in [-0.15, -0.1) is 0 Å². The molecule has 0 aromatic carbocycles. The van der Waals surface area contributed by atoms with Crippen LogP contribution in [-0.2, 0) is 11.3 Å². The van der Waals surface area contributed by atoms with Crippen LogP contribution in [0.4, 0.5) is 0 Å². The molecule has 120 valence electrons. The highest BCUT2D eigenvalue weighted by atomic mass is 79.9. The second-order valence-electron chi connectivity index (χ2n) is 5.44. The normalized spacial score (nSPS) is 21.6. The Hall–Kier alpha value is -0.430. The number of nitrogens with zero attached hydrogens (tertiary/aromatic N) is 3. The van der Waals surface area contributed by atoms with E-state index in [0.29, 0.717) is 0 Å². The molecule has 2 atom stereocenters. The molecule has 1 aromatic rings. The first-order valence-electron chi connectivity index (χ1n) is 7.99. The number of likely N-dealkylation sites (N-methyl/N-ethyl adjacent to an activating group) is 2. The molecule has 1 aliphatic heterocycles. The van der Waals surface area contributed by atoms with E-state index in [0.717, 1.165) is 50.2 Å². The maximum atomic E-state index is 6.07. The van der Waals surface area contributed by atoms with Crippen LogP contribution in [0.3, 0.4) is 0 Å². The molecule has 0 amide bonds. The van der Waals surface area contributed by atoms with Crippen molar-refractivity contribution < 1.29 is 4.74 Å². The number of rotatable bonds is 7. The van der Waals surface area contributed by atoms with Crippen molar-refractivity contribution in [2.75, 3.05) is 32.8 Å². The number of hydrogen-bond acceptors (Lipinski definition) is 4. The lowest BCUT2D eigenvalue weighted by atomic mass is 10.0. The molecule has 1 aliphatic rings. The van der Waals surface area contributed by atoms with Crippen molar-refractivity contribution >= 4 is 15.9 Å². The third-order valence-corrected chi connectivity index (χ3v) is 4.59. The Morgan fingerprint density at radius 3 is 2.95 bits per heavy atom. The van der Waals surface area contributed by atoms with Gasteiger partial charge in [-0.25, -0.2) is 0 Å². The molecular weight excluding hydrogens is 332 g/mol. The molecule has 1 N–H and O–H groups in total. The predicted molar refractivity (Wildman–Crippen MR) is 88.5 cm³/mol. The van der Waals surface area contributed by atoms with Crippen molar-refractivity contribution in [3.63, 3.8) is 0 Å². The fraction of sp³-hybridized carbons (Fsp3) is 0.800. The summed E-state index contributed by atoms with van der Waals surface area (Å²) in [5, 5.41) is 8.10. The molecule has 0 aliphatic carbocycles. The molecule has 2 heterocycles. The number of ether oxygens (including phenoxy) is 1. The van der Waals surface area contributed by atoms with Crippen molar-refractivity contribution in [2.24, 2.45) is 0 Å². The lowest BCUT2D eigenvalue weighted by Gasteiger charge is -2.37. The molecule has 1 fully saturated rings. The highest BCUT2D eigenvalue weighted by molar-refractivity contribution is 9.10. The number of aryl methyl sites for hydroxylation is 1. The second-order valence-corrected chi connectivity index (χ2v) is 6.29. The standard InChI is InChI=1S/C15H27BrN4O/c1-4-7-20-15(12(16)10-18-20)14(17-5-2)13-11-19(6-3)8-9-21-13/h10,13-14,17H,4-9,11H2,1-3H3. The summed E-state index contributed by atoms with van der Waals surface area (Å²) < 4.78 is 9.24. The molecule has 2 rings (SSSR count). The quantitative estimate of drug-likeness (QED) is 0.812. The highest BCUT2D eigenvalue weighted by Gasteiger charge is 2.31. The van der Waals surface area contributed by atoms with Crippen LogP contribution in [-0.4, -0.2) is 53.6 Å². The highest BCUT2D eigenvalue weighted by Crippen LogP contribution is 2.29. The lowest BCUT2D eigenvalue weighted by molar-refractivity contribution is -0.0468. The largest absolute Gasteiger partial charge is 0.374 e. The van der Waals surface area contributed by atoms with Crippen molar-refractivity contribution in [3.05, 3.63) is 16.4 Å². The van der Waals surface area contributed by atoms with E-state index >= 15 is 0 Å². The van der Waals surface area contributed by atoms with Crippen molar-refractivity contribution in [3.8, 4) is 0 Å². The Morgan fingerprint density at radius 1 is 1.48 bits per heavy atom. The van der Waals surface area contributed by atoms with Gasteiger partial charge < -0.3 is 10.1 Å². The molecular formula is C15H27BrN4O. The lowest BCUT2D eigenvalue weighted by Crippen LogP contribution is -2.48. The molecule has 1 aromatic heterocycles. The summed E-state index contributed by atoms with van der Waals surface area (Å²) in [5.74, 6) is 0. The van der Waals surface area contributed by atoms with Gasteiger partial charge in [-0.2, -0.15) is 5.10 Å². The molecule has 1 saturated heterocycles. The van der Waals surface area contributed by atoms with Gasteiger partial charge in [-0.1, -0.05) is 20.8 Å². The average molecular weight is 359 g/mol. The smallest absolute Gasteiger partial charge is 0.0912 e. The van der Waals surface area contributed by atoms with Crippen LogP contribution >= 0.6 is 15.9 Å². The third-order valence-electron chi connectivity index (χ3n) is 3.98. The Kier molecular flexibility index (Phi) is 6.67. The molecule has 0 bridgehead atoms. The van der Waals surface area contributed by atoms with E-state index in [4.69, 9.17) is 4.74 Å². The van der Waals surface area contributed by atoms with E-state index in [1.807, 2.05) is 6.20 Å². The first-order valence-corrected chi connectivity index (χ1v) is 8.79. The zero-order valence-corrected chi connectivity index (χ0v) is 14.9.